The molecule has 0 aliphatic carbocycles. The molecule has 2 amide bonds. The van der Waals surface area contributed by atoms with Crippen molar-refractivity contribution in [1.29, 1.82) is 0 Å². The predicted octanol–water partition coefficient (Wildman–Crippen LogP) is 1.57. The second-order valence-corrected chi connectivity index (χ2v) is 5.86. The van der Waals surface area contributed by atoms with Crippen LogP contribution in [0.15, 0.2) is 48.5 Å². The number of quaternary nitrogens is 1. The van der Waals surface area contributed by atoms with Crippen molar-refractivity contribution in [3.8, 4) is 0 Å². The largest absolute Gasteiger partial charge is 0.322 e. The number of hydrogen-bond acceptors (Lipinski definition) is 2. The van der Waals surface area contributed by atoms with Gasteiger partial charge in [-0.15, -0.1) is 0 Å². The molecular weight excluding hydrogens is 333 g/mol. The van der Waals surface area contributed by atoms with Gasteiger partial charge >= 0.3 is 0 Å². The topological polar surface area (TPSA) is 62.6 Å². The minimum Gasteiger partial charge on any atom is -0.322 e. The number of halogens is 2. The van der Waals surface area contributed by atoms with Crippen LogP contribution in [0.5, 0.6) is 0 Å². The van der Waals surface area contributed by atoms with Gasteiger partial charge in [0.2, 0.25) is 0 Å². The Morgan fingerprint density at radius 2 is 1.54 bits per heavy atom. The number of rotatable bonds is 6. The van der Waals surface area contributed by atoms with E-state index in [0.29, 0.717) is 21.3 Å². The third kappa shape index (κ3) is 5.98. The maximum atomic E-state index is 13.1. The fraction of sp³-hybridized carbons (Fsp3) is 0.176. The first-order valence-corrected chi connectivity index (χ1v) is 7.72. The molecule has 0 fully saturated rings. The van der Waals surface area contributed by atoms with E-state index >= 15 is 0 Å². The molecular formula is C17H18ClFN3O2+. The molecule has 0 aromatic heterocycles. The first kappa shape index (κ1) is 17.9. The first-order valence-electron chi connectivity index (χ1n) is 7.34. The Hall–Kier alpha value is -2.44. The van der Waals surface area contributed by atoms with Gasteiger partial charge in [-0.25, -0.2) is 4.39 Å². The lowest BCUT2D eigenvalue weighted by molar-refractivity contribution is -0.862. The van der Waals surface area contributed by atoms with Gasteiger partial charge in [0.25, 0.3) is 11.8 Å². The SMILES string of the molecule is C[NH+](CC(=O)Nc1cccc(F)c1)CC(=O)Nc1cccc(Cl)c1. The summed E-state index contributed by atoms with van der Waals surface area (Å²) in [6.45, 7) is 0.197. The molecule has 0 bridgehead atoms. The summed E-state index contributed by atoms with van der Waals surface area (Å²) in [5.41, 5.74) is 0.987. The van der Waals surface area contributed by atoms with Crippen LogP contribution in [-0.4, -0.2) is 32.0 Å². The summed E-state index contributed by atoms with van der Waals surface area (Å²) in [7, 11) is 1.72. The van der Waals surface area contributed by atoms with Crippen LogP contribution in [0.3, 0.4) is 0 Å². The van der Waals surface area contributed by atoms with Crippen molar-refractivity contribution in [1.82, 2.24) is 0 Å². The van der Waals surface area contributed by atoms with E-state index in [9.17, 15) is 14.0 Å². The molecule has 1 unspecified atom stereocenters. The van der Waals surface area contributed by atoms with E-state index in [1.54, 1.807) is 37.4 Å². The van der Waals surface area contributed by atoms with E-state index in [1.807, 2.05) is 0 Å². The number of likely N-dealkylation sites (N-methyl/N-ethyl adjacent to an activating group) is 1. The van der Waals surface area contributed by atoms with Crippen molar-refractivity contribution in [2.45, 2.75) is 0 Å². The van der Waals surface area contributed by atoms with E-state index in [4.69, 9.17) is 11.6 Å². The molecule has 0 heterocycles. The molecule has 3 N–H and O–H groups in total. The number of carbonyl (C=O) groups is 2. The molecule has 0 spiro atoms. The summed E-state index contributed by atoms with van der Waals surface area (Å²) in [4.78, 5) is 24.6. The van der Waals surface area contributed by atoms with Crippen LogP contribution in [0, 0.1) is 5.82 Å². The van der Waals surface area contributed by atoms with Crippen LogP contribution in [0.2, 0.25) is 5.02 Å². The minimum atomic E-state index is -0.422. The number of benzene rings is 2. The lowest BCUT2D eigenvalue weighted by atomic mass is 10.3. The van der Waals surface area contributed by atoms with E-state index < -0.39 is 5.82 Å². The van der Waals surface area contributed by atoms with Gasteiger partial charge in [-0.1, -0.05) is 23.7 Å². The average molecular weight is 351 g/mol. The fourth-order valence-corrected chi connectivity index (χ4v) is 2.34. The number of nitrogens with one attached hydrogen (secondary N) is 3. The minimum absolute atomic E-state index is 0.0828. The van der Waals surface area contributed by atoms with Crippen molar-refractivity contribution in [2.75, 3.05) is 30.8 Å². The number of carbonyl (C=O) groups excluding carboxylic acids is 2. The van der Waals surface area contributed by atoms with Gasteiger partial charge in [-0.3, -0.25) is 9.59 Å². The van der Waals surface area contributed by atoms with Gasteiger partial charge < -0.3 is 15.5 Å². The third-order valence-corrected chi connectivity index (χ3v) is 3.38. The highest BCUT2D eigenvalue weighted by molar-refractivity contribution is 6.30. The molecule has 2 aromatic carbocycles. The maximum Gasteiger partial charge on any atom is 0.279 e. The maximum absolute atomic E-state index is 13.1. The van der Waals surface area contributed by atoms with Crippen molar-refractivity contribution in [3.63, 3.8) is 0 Å². The predicted molar refractivity (Wildman–Crippen MR) is 91.7 cm³/mol. The summed E-state index contributed by atoms with van der Waals surface area (Å²) in [5, 5.41) is 5.84. The van der Waals surface area contributed by atoms with Crippen LogP contribution in [-0.2, 0) is 9.59 Å². The van der Waals surface area contributed by atoms with Gasteiger partial charge in [0, 0.05) is 16.4 Å². The van der Waals surface area contributed by atoms with Crippen molar-refractivity contribution >= 4 is 34.8 Å². The van der Waals surface area contributed by atoms with Gasteiger partial charge in [0.05, 0.1) is 7.05 Å². The lowest BCUT2D eigenvalue weighted by Gasteiger charge is -2.14. The Morgan fingerprint density at radius 3 is 2.08 bits per heavy atom. The third-order valence-electron chi connectivity index (χ3n) is 3.14. The highest BCUT2D eigenvalue weighted by atomic mass is 35.5. The summed E-state index contributed by atoms with van der Waals surface area (Å²) in [6, 6.07) is 12.5. The molecule has 0 aliphatic heterocycles. The lowest BCUT2D eigenvalue weighted by Crippen LogP contribution is -3.11. The van der Waals surface area contributed by atoms with Crippen LogP contribution >= 0.6 is 11.6 Å². The van der Waals surface area contributed by atoms with Crippen LogP contribution in [0.25, 0.3) is 0 Å². The van der Waals surface area contributed by atoms with Gasteiger partial charge in [-0.2, -0.15) is 0 Å². The zero-order valence-corrected chi connectivity index (χ0v) is 13.9. The Morgan fingerprint density at radius 1 is 1.00 bits per heavy atom. The molecule has 24 heavy (non-hydrogen) atoms. The van der Waals surface area contributed by atoms with Crippen molar-refractivity contribution in [2.24, 2.45) is 0 Å². The molecule has 2 aromatic rings. The highest BCUT2D eigenvalue weighted by Gasteiger charge is 2.14. The standard InChI is InChI=1S/C17H17ClFN3O2/c1-22(10-16(23)20-14-6-2-4-12(18)8-14)11-17(24)21-15-7-3-5-13(19)9-15/h2-9H,10-11H2,1H3,(H,20,23)(H,21,24)/p+1. The molecule has 5 nitrogen and oxygen atoms in total. The molecule has 0 radical (unpaired) electrons. The van der Waals surface area contributed by atoms with Crippen LogP contribution in [0.1, 0.15) is 0 Å². The van der Waals surface area contributed by atoms with Crippen molar-refractivity contribution in [3.05, 3.63) is 59.4 Å². The number of amides is 2. The Bertz CT molecular complexity index is 678. The van der Waals surface area contributed by atoms with E-state index in [0.717, 1.165) is 0 Å². The van der Waals surface area contributed by atoms with Crippen LogP contribution < -0.4 is 15.5 Å². The zero-order valence-electron chi connectivity index (χ0n) is 13.1. The highest BCUT2D eigenvalue weighted by Crippen LogP contribution is 2.14. The number of anilines is 2. The Balaban J connectivity index is 1.80. The van der Waals surface area contributed by atoms with Gasteiger partial charge in [0.15, 0.2) is 13.1 Å². The molecule has 0 aliphatic rings. The molecule has 0 saturated heterocycles. The summed E-state index contributed by atoms with van der Waals surface area (Å²) in [6.07, 6.45) is 0. The van der Waals surface area contributed by atoms with Gasteiger partial charge in [0.1, 0.15) is 5.82 Å². The molecule has 0 saturated carbocycles. The summed E-state index contributed by atoms with van der Waals surface area (Å²) < 4.78 is 13.1. The molecule has 126 valence electrons. The quantitative estimate of drug-likeness (QED) is 0.740. The Kier molecular flexibility index (Phi) is 6.28. The molecule has 1 atom stereocenters. The van der Waals surface area contributed by atoms with E-state index in [2.05, 4.69) is 10.6 Å². The molecule has 7 heteroatoms. The van der Waals surface area contributed by atoms with Crippen LogP contribution in [0.4, 0.5) is 15.8 Å². The summed E-state index contributed by atoms with van der Waals surface area (Å²) >= 11 is 5.85. The monoisotopic (exact) mass is 350 g/mol. The zero-order chi connectivity index (χ0) is 17.5. The Labute approximate surface area is 144 Å². The normalized spacial score (nSPS) is 11.6. The van der Waals surface area contributed by atoms with Gasteiger partial charge in [-0.05, 0) is 36.4 Å². The first-order chi connectivity index (χ1) is 11.4. The molecule has 2 rings (SSSR count). The smallest absolute Gasteiger partial charge is 0.279 e. The summed E-state index contributed by atoms with van der Waals surface area (Å²) in [5.74, 6) is -0.948. The van der Waals surface area contributed by atoms with E-state index in [1.165, 1.54) is 18.2 Å². The second-order valence-electron chi connectivity index (χ2n) is 5.43. The average Bonchev–Trinajstić information content (AvgIpc) is 2.46. The second kappa shape index (κ2) is 8.42. The fourth-order valence-electron chi connectivity index (χ4n) is 2.15. The van der Waals surface area contributed by atoms with E-state index in [-0.39, 0.29) is 24.9 Å². The number of hydrogen-bond donors (Lipinski definition) is 3. The van der Waals surface area contributed by atoms with Crippen molar-refractivity contribution < 1.29 is 18.9 Å².